The van der Waals surface area contributed by atoms with Gasteiger partial charge in [-0.1, -0.05) is 6.07 Å². The summed E-state index contributed by atoms with van der Waals surface area (Å²) in [5, 5.41) is 3.20. The van der Waals surface area contributed by atoms with E-state index in [-0.39, 0.29) is 17.9 Å². The van der Waals surface area contributed by atoms with Crippen LogP contribution in [0.15, 0.2) is 36.9 Å². The van der Waals surface area contributed by atoms with Crippen molar-refractivity contribution in [1.82, 2.24) is 19.9 Å². The van der Waals surface area contributed by atoms with Gasteiger partial charge < -0.3 is 9.88 Å². The minimum Gasteiger partial charge on any atom is -0.351 e. The Morgan fingerprint density at radius 3 is 3.19 bits per heavy atom. The Hall–Kier alpha value is -2.17. The Bertz CT molecular complexity index is 651. The molecule has 3 atom stereocenters. The number of aromatic nitrogens is 3. The van der Waals surface area contributed by atoms with Crippen LogP contribution in [0.2, 0.25) is 0 Å². The van der Waals surface area contributed by atoms with Crippen molar-refractivity contribution >= 4 is 5.91 Å². The maximum absolute atomic E-state index is 12.4. The molecular formula is C16H18N4O. The first-order chi connectivity index (χ1) is 10.3. The van der Waals surface area contributed by atoms with Crippen molar-refractivity contribution < 1.29 is 4.79 Å². The largest absolute Gasteiger partial charge is 0.351 e. The molecular weight excluding hydrogens is 264 g/mol. The average Bonchev–Trinajstić information content (AvgIpc) is 3.19. The zero-order valence-electron chi connectivity index (χ0n) is 11.8. The third kappa shape index (κ3) is 2.44. The zero-order valence-corrected chi connectivity index (χ0v) is 11.8. The minimum absolute atomic E-state index is 0.124. The number of rotatable bonds is 3. The number of pyridine rings is 1. The fraction of sp³-hybridized carbons (Fsp3) is 0.438. The van der Waals surface area contributed by atoms with Crippen molar-refractivity contribution in [3.05, 3.63) is 48.3 Å². The van der Waals surface area contributed by atoms with Crippen LogP contribution in [0.1, 0.15) is 30.1 Å². The molecule has 1 N–H and O–H groups in total. The highest BCUT2D eigenvalue weighted by Gasteiger charge is 2.44. The summed E-state index contributed by atoms with van der Waals surface area (Å²) in [7, 11) is 0. The van der Waals surface area contributed by atoms with E-state index in [9.17, 15) is 4.79 Å². The topological polar surface area (TPSA) is 59.8 Å². The molecule has 0 bridgehead atoms. The fourth-order valence-electron chi connectivity index (χ4n) is 3.24. The van der Waals surface area contributed by atoms with Crippen LogP contribution in [-0.2, 0) is 17.8 Å². The number of hydrogen-bond acceptors (Lipinski definition) is 3. The summed E-state index contributed by atoms with van der Waals surface area (Å²) in [4.78, 5) is 20.8. The molecule has 1 aliphatic carbocycles. The standard InChI is InChI=1S/C16H18N4O/c21-16(14-8-13(14)11-2-1-5-17-9-11)19-12-3-4-15-18-6-7-20(15)10-12/h1-2,5-7,9,12-14H,3-4,8,10H2,(H,19,21)/t12-,13-,14+/m1/s1. The Balaban J connectivity index is 1.36. The van der Waals surface area contributed by atoms with Crippen molar-refractivity contribution in [2.24, 2.45) is 5.92 Å². The van der Waals surface area contributed by atoms with Gasteiger partial charge in [-0.2, -0.15) is 0 Å². The zero-order chi connectivity index (χ0) is 14.2. The highest BCUT2D eigenvalue weighted by molar-refractivity contribution is 5.83. The normalized spacial score (nSPS) is 27.0. The third-order valence-corrected chi connectivity index (χ3v) is 4.52. The molecule has 0 saturated heterocycles. The van der Waals surface area contributed by atoms with Gasteiger partial charge in [-0.3, -0.25) is 9.78 Å². The smallest absolute Gasteiger partial charge is 0.224 e. The van der Waals surface area contributed by atoms with Gasteiger partial charge in [0.2, 0.25) is 5.91 Å². The lowest BCUT2D eigenvalue weighted by molar-refractivity contribution is -0.123. The molecule has 1 saturated carbocycles. The number of carbonyl (C=O) groups excluding carboxylic acids is 1. The molecule has 108 valence electrons. The first-order valence-corrected chi connectivity index (χ1v) is 7.51. The van der Waals surface area contributed by atoms with E-state index in [1.54, 1.807) is 6.20 Å². The molecule has 1 fully saturated rings. The van der Waals surface area contributed by atoms with Crippen molar-refractivity contribution in [1.29, 1.82) is 0 Å². The van der Waals surface area contributed by atoms with Gasteiger partial charge in [0, 0.05) is 49.7 Å². The predicted octanol–water partition coefficient (Wildman–Crippen LogP) is 1.51. The maximum Gasteiger partial charge on any atom is 0.224 e. The highest BCUT2D eigenvalue weighted by atomic mass is 16.2. The molecule has 0 unspecified atom stereocenters. The number of aryl methyl sites for hydroxylation is 1. The summed E-state index contributed by atoms with van der Waals surface area (Å²) in [6, 6.07) is 4.22. The van der Waals surface area contributed by atoms with E-state index < -0.39 is 0 Å². The Morgan fingerprint density at radius 2 is 2.33 bits per heavy atom. The van der Waals surface area contributed by atoms with E-state index >= 15 is 0 Å². The number of carbonyl (C=O) groups is 1. The summed E-state index contributed by atoms with van der Waals surface area (Å²) < 4.78 is 2.14. The lowest BCUT2D eigenvalue weighted by atomic mass is 10.1. The van der Waals surface area contributed by atoms with Gasteiger partial charge in [0.1, 0.15) is 5.82 Å². The molecule has 1 aliphatic heterocycles. The molecule has 2 aromatic rings. The van der Waals surface area contributed by atoms with Crippen LogP contribution >= 0.6 is 0 Å². The summed E-state index contributed by atoms with van der Waals surface area (Å²) in [6.45, 7) is 0.839. The summed E-state index contributed by atoms with van der Waals surface area (Å²) >= 11 is 0. The second-order valence-corrected chi connectivity index (χ2v) is 5.98. The van der Waals surface area contributed by atoms with E-state index in [4.69, 9.17) is 0 Å². The molecule has 5 nitrogen and oxygen atoms in total. The second-order valence-electron chi connectivity index (χ2n) is 5.98. The monoisotopic (exact) mass is 282 g/mol. The molecule has 21 heavy (non-hydrogen) atoms. The Kier molecular flexibility index (Phi) is 2.98. The van der Waals surface area contributed by atoms with Crippen LogP contribution in [0.3, 0.4) is 0 Å². The molecule has 3 heterocycles. The first kappa shape index (κ1) is 12.6. The van der Waals surface area contributed by atoms with Crippen LogP contribution in [0.5, 0.6) is 0 Å². The maximum atomic E-state index is 12.4. The van der Waals surface area contributed by atoms with Crippen LogP contribution in [0.4, 0.5) is 0 Å². The SMILES string of the molecule is O=C(N[C@@H]1CCc2nccn2C1)[C@H]1C[C@@H]1c1cccnc1. The van der Waals surface area contributed by atoms with Gasteiger partial charge in [-0.15, -0.1) is 0 Å². The first-order valence-electron chi connectivity index (χ1n) is 7.51. The van der Waals surface area contributed by atoms with E-state index in [0.29, 0.717) is 5.92 Å². The fourth-order valence-corrected chi connectivity index (χ4v) is 3.24. The van der Waals surface area contributed by atoms with Gasteiger partial charge in [-0.05, 0) is 30.4 Å². The van der Waals surface area contributed by atoms with E-state index in [1.807, 2.05) is 24.7 Å². The number of amides is 1. The van der Waals surface area contributed by atoms with Crippen molar-refractivity contribution in [2.75, 3.05) is 0 Å². The molecule has 2 aliphatic rings. The predicted molar refractivity (Wildman–Crippen MR) is 77.6 cm³/mol. The molecule has 0 spiro atoms. The van der Waals surface area contributed by atoms with Gasteiger partial charge >= 0.3 is 0 Å². The van der Waals surface area contributed by atoms with Gasteiger partial charge in [0.25, 0.3) is 0 Å². The lowest BCUT2D eigenvalue weighted by Gasteiger charge is -2.24. The van der Waals surface area contributed by atoms with Gasteiger partial charge in [-0.25, -0.2) is 4.98 Å². The van der Waals surface area contributed by atoms with E-state index in [1.165, 1.54) is 5.56 Å². The quantitative estimate of drug-likeness (QED) is 0.928. The number of imidazole rings is 1. The van der Waals surface area contributed by atoms with Crippen LogP contribution in [0, 0.1) is 5.92 Å². The van der Waals surface area contributed by atoms with Gasteiger partial charge in [0.15, 0.2) is 0 Å². The number of nitrogens with zero attached hydrogens (tertiary/aromatic N) is 3. The molecule has 1 amide bonds. The second kappa shape index (κ2) is 4.98. The average molecular weight is 282 g/mol. The number of fused-ring (bicyclic) bond motifs is 1. The minimum atomic E-state index is 0.124. The highest BCUT2D eigenvalue weighted by Crippen LogP contribution is 2.47. The van der Waals surface area contributed by atoms with E-state index in [0.717, 1.165) is 31.6 Å². The van der Waals surface area contributed by atoms with Crippen LogP contribution < -0.4 is 5.32 Å². The van der Waals surface area contributed by atoms with Gasteiger partial charge in [0.05, 0.1) is 0 Å². The summed E-state index contributed by atoms with van der Waals surface area (Å²) in [5.41, 5.74) is 1.18. The molecule has 0 aromatic carbocycles. The number of hydrogen-bond donors (Lipinski definition) is 1. The van der Waals surface area contributed by atoms with Crippen molar-refractivity contribution in [2.45, 2.75) is 37.8 Å². The molecule has 0 radical (unpaired) electrons. The van der Waals surface area contributed by atoms with Crippen molar-refractivity contribution in [3.63, 3.8) is 0 Å². The van der Waals surface area contributed by atoms with Crippen molar-refractivity contribution in [3.8, 4) is 0 Å². The van der Waals surface area contributed by atoms with Crippen LogP contribution in [0.25, 0.3) is 0 Å². The molecule has 5 heteroatoms. The molecule has 4 rings (SSSR count). The molecule has 2 aromatic heterocycles. The summed E-state index contributed by atoms with van der Waals surface area (Å²) in [6.07, 6.45) is 10.3. The third-order valence-electron chi connectivity index (χ3n) is 4.52. The van der Waals surface area contributed by atoms with E-state index in [2.05, 4.69) is 25.9 Å². The number of nitrogens with one attached hydrogen (secondary N) is 1. The lowest BCUT2D eigenvalue weighted by Crippen LogP contribution is -2.41. The Morgan fingerprint density at radius 1 is 1.38 bits per heavy atom. The van der Waals surface area contributed by atoms with Crippen LogP contribution in [-0.4, -0.2) is 26.5 Å². The summed E-state index contributed by atoms with van der Waals surface area (Å²) in [5.74, 6) is 1.79. The Labute approximate surface area is 123 Å².